The van der Waals surface area contributed by atoms with Gasteiger partial charge in [0.1, 0.15) is 6.61 Å². The minimum atomic E-state index is -0.633. The van der Waals surface area contributed by atoms with Gasteiger partial charge in [-0.3, -0.25) is 4.79 Å². The van der Waals surface area contributed by atoms with E-state index in [-0.39, 0.29) is 5.78 Å². The van der Waals surface area contributed by atoms with Gasteiger partial charge in [0.15, 0.2) is 17.3 Å². The van der Waals surface area contributed by atoms with E-state index in [1.54, 1.807) is 0 Å². The predicted octanol–water partition coefficient (Wildman–Crippen LogP) is 6.77. The second-order valence-corrected chi connectivity index (χ2v) is 11.0. The van der Waals surface area contributed by atoms with Crippen molar-refractivity contribution < 1.29 is 23.8 Å². The smallest absolute Gasteiger partial charge is 0.336 e. The van der Waals surface area contributed by atoms with E-state index in [0.717, 1.165) is 30.4 Å². The van der Waals surface area contributed by atoms with Crippen LogP contribution < -0.4 is 14.8 Å². The van der Waals surface area contributed by atoms with Crippen LogP contribution in [0.25, 0.3) is 5.70 Å². The molecule has 3 aromatic rings. The van der Waals surface area contributed by atoms with Crippen LogP contribution in [0.3, 0.4) is 0 Å². The van der Waals surface area contributed by atoms with Gasteiger partial charge < -0.3 is 19.5 Å². The Labute approximate surface area is 243 Å². The molecular formula is C30H25BrINO5. The molecule has 0 saturated carbocycles. The summed E-state index contributed by atoms with van der Waals surface area (Å²) in [5, 5.41) is 3.31. The van der Waals surface area contributed by atoms with E-state index in [0.29, 0.717) is 47.1 Å². The fraction of sp³-hybridized carbons (Fsp3) is 0.200. The van der Waals surface area contributed by atoms with Crippen LogP contribution in [-0.4, -0.2) is 25.5 Å². The van der Waals surface area contributed by atoms with Crippen molar-refractivity contribution in [1.29, 1.82) is 0 Å². The maximum Gasteiger partial charge on any atom is 0.336 e. The number of carbonyl (C=O) groups excluding carboxylic acids is 2. The van der Waals surface area contributed by atoms with Gasteiger partial charge in [0.2, 0.25) is 0 Å². The van der Waals surface area contributed by atoms with Crippen LogP contribution in [0.2, 0.25) is 0 Å². The number of ketones is 1. The van der Waals surface area contributed by atoms with Crippen LogP contribution in [0.15, 0.2) is 82.0 Å². The van der Waals surface area contributed by atoms with Crippen molar-refractivity contribution in [2.24, 2.45) is 0 Å². The van der Waals surface area contributed by atoms with Crippen LogP contribution >= 0.6 is 38.5 Å². The molecular weight excluding hydrogens is 661 g/mol. The third kappa shape index (κ3) is 4.75. The molecule has 5 rings (SSSR count). The topological polar surface area (TPSA) is 73.9 Å². The molecule has 0 aromatic heterocycles. The average Bonchev–Trinajstić information content (AvgIpc) is 3.19. The number of esters is 1. The lowest BCUT2D eigenvalue weighted by atomic mass is 9.79. The number of rotatable bonds is 7. The van der Waals surface area contributed by atoms with E-state index < -0.39 is 11.9 Å². The number of methoxy groups -OCH3 is 1. The normalized spacial score (nSPS) is 16.1. The van der Waals surface area contributed by atoms with Gasteiger partial charge in [0.05, 0.1) is 28.6 Å². The minimum Gasteiger partial charge on any atom is -0.490 e. The SMILES string of the molecule is CCOc1cc([C@H]2C(C(=O)OC)=C(C)NC3=C2C(=O)c2ccccc23)cc(I)c1OCc1ccc(Br)cc1. The molecule has 1 heterocycles. The number of halogens is 2. The highest BCUT2D eigenvalue weighted by Crippen LogP contribution is 2.48. The van der Waals surface area contributed by atoms with E-state index in [1.807, 2.05) is 74.5 Å². The lowest BCUT2D eigenvalue weighted by Crippen LogP contribution is -2.29. The van der Waals surface area contributed by atoms with Crippen molar-refractivity contribution in [3.63, 3.8) is 0 Å². The van der Waals surface area contributed by atoms with Crippen molar-refractivity contribution >= 4 is 56.0 Å². The molecule has 2 aliphatic rings. The van der Waals surface area contributed by atoms with Gasteiger partial charge in [0.25, 0.3) is 0 Å². The summed E-state index contributed by atoms with van der Waals surface area (Å²) in [5.74, 6) is -0.0585. The van der Waals surface area contributed by atoms with Crippen molar-refractivity contribution in [2.75, 3.05) is 13.7 Å². The Morgan fingerprint density at radius 2 is 1.76 bits per heavy atom. The maximum absolute atomic E-state index is 13.7. The van der Waals surface area contributed by atoms with Gasteiger partial charge in [-0.05, 0) is 71.8 Å². The molecule has 1 N–H and O–H groups in total. The van der Waals surface area contributed by atoms with E-state index in [9.17, 15) is 9.59 Å². The monoisotopic (exact) mass is 685 g/mol. The van der Waals surface area contributed by atoms with Crippen molar-refractivity contribution in [2.45, 2.75) is 26.4 Å². The van der Waals surface area contributed by atoms with Gasteiger partial charge in [-0.15, -0.1) is 0 Å². The number of dihydropyridines is 1. The van der Waals surface area contributed by atoms with E-state index in [2.05, 4.69) is 43.8 Å². The third-order valence-electron chi connectivity index (χ3n) is 6.62. The number of benzene rings is 3. The largest absolute Gasteiger partial charge is 0.490 e. The van der Waals surface area contributed by atoms with Crippen molar-refractivity contribution in [3.8, 4) is 11.5 Å². The molecule has 1 atom stereocenters. The first-order valence-electron chi connectivity index (χ1n) is 12.1. The lowest BCUT2D eigenvalue weighted by Gasteiger charge is -2.29. The summed E-state index contributed by atoms with van der Waals surface area (Å²) < 4.78 is 19.2. The quantitative estimate of drug-likeness (QED) is 0.219. The Bertz CT molecular complexity index is 1510. The van der Waals surface area contributed by atoms with Crippen molar-refractivity contribution in [3.05, 3.63) is 108 Å². The molecule has 0 spiro atoms. The van der Waals surface area contributed by atoms with Gasteiger partial charge in [-0.2, -0.15) is 0 Å². The van der Waals surface area contributed by atoms with Crippen LogP contribution in [0.5, 0.6) is 11.5 Å². The summed E-state index contributed by atoms with van der Waals surface area (Å²) in [6, 6.07) is 19.2. The summed E-state index contributed by atoms with van der Waals surface area (Å²) in [6.07, 6.45) is 0. The van der Waals surface area contributed by atoms with Gasteiger partial charge in [-0.1, -0.05) is 52.3 Å². The highest BCUT2D eigenvalue weighted by Gasteiger charge is 2.43. The number of Topliss-reactive ketones (excluding diaryl/α,β-unsaturated/α-hetero) is 1. The number of hydrogen-bond acceptors (Lipinski definition) is 6. The standard InChI is InChI=1S/C30H25BrINO5/c1-4-37-23-14-18(13-22(32)29(23)38-15-17-9-11-19(31)12-10-17)25-24(30(35)36-3)16(2)33-27-20-7-5-6-8-21(20)28(34)26(25)27/h5-14,25,33H,4,15H2,1-3H3/t25-/m0/s1. The van der Waals surface area contributed by atoms with E-state index in [4.69, 9.17) is 14.2 Å². The summed E-state index contributed by atoms with van der Waals surface area (Å²) >= 11 is 5.68. The molecule has 194 valence electrons. The predicted molar refractivity (Wildman–Crippen MR) is 157 cm³/mol. The lowest BCUT2D eigenvalue weighted by molar-refractivity contribution is -0.136. The molecule has 6 nitrogen and oxygen atoms in total. The maximum atomic E-state index is 13.7. The Morgan fingerprint density at radius 1 is 1.05 bits per heavy atom. The second kappa shape index (κ2) is 10.9. The van der Waals surface area contributed by atoms with Crippen LogP contribution in [0.4, 0.5) is 0 Å². The first kappa shape index (κ1) is 26.5. The molecule has 1 aliphatic carbocycles. The van der Waals surface area contributed by atoms with Gasteiger partial charge in [0, 0.05) is 32.8 Å². The first-order chi connectivity index (χ1) is 18.3. The molecule has 8 heteroatoms. The van der Waals surface area contributed by atoms with Crippen LogP contribution in [-0.2, 0) is 16.1 Å². The molecule has 0 fully saturated rings. The fourth-order valence-corrected chi connectivity index (χ4v) is 5.98. The molecule has 38 heavy (non-hydrogen) atoms. The average molecular weight is 686 g/mol. The number of allylic oxidation sites excluding steroid dienone is 2. The van der Waals surface area contributed by atoms with Gasteiger partial charge in [-0.25, -0.2) is 4.79 Å². The number of ether oxygens (including phenoxy) is 3. The van der Waals surface area contributed by atoms with Crippen LogP contribution in [0, 0.1) is 3.57 Å². The second-order valence-electron chi connectivity index (χ2n) is 8.93. The highest BCUT2D eigenvalue weighted by atomic mass is 127. The number of fused-ring (bicyclic) bond motifs is 2. The Kier molecular flexibility index (Phi) is 7.63. The molecule has 0 bridgehead atoms. The highest BCUT2D eigenvalue weighted by molar-refractivity contribution is 14.1. The molecule has 0 saturated heterocycles. The summed E-state index contributed by atoms with van der Waals surface area (Å²) in [5.41, 5.74) is 5.51. The number of carbonyl (C=O) groups is 2. The van der Waals surface area contributed by atoms with Crippen LogP contribution in [0.1, 0.15) is 46.8 Å². The van der Waals surface area contributed by atoms with E-state index in [1.165, 1.54) is 7.11 Å². The van der Waals surface area contributed by atoms with Crippen molar-refractivity contribution in [1.82, 2.24) is 5.32 Å². The zero-order valence-electron chi connectivity index (χ0n) is 21.1. The number of nitrogens with one attached hydrogen (secondary N) is 1. The first-order valence-corrected chi connectivity index (χ1v) is 14.0. The Morgan fingerprint density at radius 3 is 2.45 bits per heavy atom. The third-order valence-corrected chi connectivity index (χ3v) is 7.95. The summed E-state index contributed by atoms with van der Waals surface area (Å²) in [6.45, 7) is 4.53. The summed E-state index contributed by atoms with van der Waals surface area (Å²) in [4.78, 5) is 26.7. The van der Waals surface area contributed by atoms with E-state index >= 15 is 0 Å². The molecule has 3 aromatic carbocycles. The zero-order chi connectivity index (χ0) is 27.0. The number of hydrogen-bond donors (Lipinski definition) is 1. The fourth-order valence-electron chi connectivity index (χ4n) is 4.94. The van der Waals surface area contributed by atoms with Gasteiger partial charge >= 0.3 is 5.97 Å². The molecule has 1 aliphatic heterocycles. The zero-order valence-corrected chi connectivity index (χ0v) is 24.8. The Balaban J connectivity index is 1.61. The molecule has 0 amide bonds. The molecule has 0 unspecified atom stereocenters. The Hall–Kier alpha value is -3.11. The molecule has 0 radical (unpaired) electrons. The minimum absolute atomic E-state index is 0.106. The summed E-state index contributed by atoms with van der Waals surface area (Å²) in [7, 11) is 1.35.